The number of nitrogens with one attached hydrogen (secondary N) is 1. The number of carbonyl (C=O) groups is 1. The summed E-state index contributed by atoms with van der Waals surface area (Å²) in [5.74, 6) is -0.0911. The highest BCUT2D eigenvalue weighted by Gasteiger charge is 2.26. The number of aliphatic hydroxyl groups excluding tert-OH is 1. The molecule has 2 N–H and O–H groups in total. The zero-order valence-corrected chi connectivity index (χ0v) is 14.3. The first-order valence-electron chi connectivity index (χ1n) is 9.07. The van der Waals surface area contributed by atoms with Crippen LogP contribution >= 0.6 is 0 Å². The van der Waals surface area contributed by atoms with Gasteiger partial charge in [0.05, 0.1) is 12.1 Å². The maximum Gasteiger partial charge on any atom is 0.223 e. The van der Waals surface area contributed by atoms with Crippen molar-refractivity contribution in [2.45, 2.75) is 57.6 Å². The summed E-state index contributed by atoms with van der Waals surface area (Å²) in [6, 6.07) is 4.56. The molecule has 3 rings (SSSR count). The summed E-state index contributed by atoms with van der Waals surface area (Å²) >= 11 is 0. The quantitative estimate of drug-likeness (QED) is 0.889. The third-order valence-electron chi connectivity index (χ3n) is 5.35. The number of hydrogen-bond acceptors (Lipinski definition) is 3. The van der Waals surface area contributed by atoms with Gasteiger partial charge < -0.3 is 15.3 Å². The van der Waals surface area contributed by atoms with Gasteiger partial charge in [-0.2, -0.15) is 0 Å². The first-order valence-corrected chi connectivity index (χ1v) is 9.07. The lowest BCUT2D eigenvalue weighted by molar-refractivity contribution is -0.125. The summed E-state index contributed by atoms with van der Waals surface area (Å²) in [5, 5.41) is 12.8. The molecule has 24 heavy (non-hydrogen) atoms. The highest BCUT2D eigenvalue weighted by Crippen LogP contribution is 2.31. The van der Waals surface area contributed by atoms with E-state index in [4.69, 9.17) is 0 Å². The van der Waals surface area contributed by atoms with Gasteiger partial charge in [0.2, 0.25) is 5.91 Å². The minimum Gasteiger partial charge on any atom is -0.393 e. The molecule has 1 saturated heterocycles. The Morgan fingerprint density at radius 3 is 2.58 bits per heavy atom. The molecule has 0 bridgehead atoms. The van der Waals surface area contributed by atoms with Crippen molar-refractivity contribution in [1.82, 2.24) is 5.32 Å². The van der Waals surface area contributed by atoms with Gasteiger partial charge in [0.1, 0.15) is 5.82 Å². The second-order valence-corrected chi connectivity index (χ2v) is 7.13. The van der Waals surface area contributed by atoms with Crippen LogP contribution in [0.2, 0.25) is 0 Å². The van der Waals surface area contributed by atoms with E-state index in [1.54, 1.807) is 6.07 Å². The summed E-state index contributed by atoms with van der Waals surface area (Å²) in [7, 11) is 0. The van der Waals surface area contributed by atoms with E-state index in [1.165, 1.54) is 12.1 Å². The third kappa shape index (κ3) is 3.89. The van der Waals surface area contributed by atoms with Crippen molar-refractivity contribution in [1.29, 1.82) is 0 Å². The molecule has 1 amide bonds. The first kappa shape index (κ1) is 17.2. The van der Waals surface area contributed by atoms with Crippen molar-refractivity contribution in [2.75, 3.05) is 18.0 Å². The molecule has 1 heterocycles. The van der Waals surface area contributed by atoms with Crippen molar-refractivity contribution < 1.29 is 14.3 Å². The van der Waals surface area contributed by atoms with Crippen molar-refractivity contribution in [3.05, 3.63) is 29.6 Å². The molecule has 132 valence electrons. The van der Waals surface area contributed by atoms with Crippen molar-refractivity contribution in [2.24, 2.45) is 5.92 Å². The Hall–Kier alpha value is -1.62. The van der Waals surface area contributed by atoms with Gasteiger partial charge in [-0.1, -0.05) is 12.8 Å². The molecular weight excluding hydrogens is 307 g/mol. The van der Waals surface area contributed by atoms with Crippen LogP contribution in [0.25, 0.3) is 0 Å². The van der Waals surface area contributed by atoms with E-state index in [0.717, 1.165) is 62.9 Å². The van der Waals surface area contributed by atoms with Gasteiger partial charge in [-0.05, 0) is 50.8 Å². The molecular formula is C19H27FN2O2. The molecule has 1 unspecified atom stereocenters. The number of piperidine rings is 1. The first-order chi connectivity index (χ1) is 11.5. The number of nitrogens with zero attached hydrogens (tertiary/aromatic N) is 1. The lowest BCUT2D eigenvalue weighted by atomic mass is 10.0. The van der Waals surface area contributed by atoms with E-state index in [0.29, 0.717) is 0 Å². The minimum atomic E-state index is -0.284. The average molecular weight is 334 g/mol. The molecule has 1 saturated carbocycles. The minimum absolute atomic E-state index is 0.0873. The van der Waals surface area contributed by atoms with Gasteiger partial charge in [0.15, 0.2) is 0 Å². The van der Waals surface area contributed by atoms with Gasteiger partial charge >= 0.3 is 0 Å². The van der Waals surface area contributed by atoms with Crippen LogP contribution in [-0.2, 0) is 4.79 Å². The van der Waals surface area contributed by atoms with E-state index in [1.807, 2.05) is 6.92 Å². The fraction of sp³-hybridized carbons (Fsp3) is 0.632. The predicted molar refractivity (Wildman–Crippen MR) is 92.4 cm³/mol. The Morgan fingerprint density at radius 2 is 1.92 bits per heavy atom. The smallest absolute Gasteiger partial charge is 0.223 e. The maximum absolute atomic E-state index is 13.8. The van der Waals surface area contributed by atoms with Crippen molar-refractivity contribution in [3.63, 3.8) is 0 Å². The SMILES string of the molecule is CC(NC(=O)C1CCCC1)c1cc(F)ccc1N1CCC(O)CC1. The Bertz CT molecular complexity index is 579. The fourth-order valence-electron chi connectivity index (χ4n) is 3.86. The second-order valence-electron chi connectivity index (χ2n) is 7.13. The number of halogens is 1. The summed E-state index contributed by atoms with van der Waals surface area (Å²) in [5.41, 5.74) is 1.78. The molecule has 1 aliphatic heterocycles. The van der Waals surface area contributed by atoms with Gasteiger partial charge in [-0.25, -0.2) is 4.39 Å². The standard InChI is InChI=1S/C19H27FN2O2/c1-13(21-19(24)14-4-2-3-5-14)17-12-15(20)6-7-18(17)22-10-8-16(23)9-11-22/h6-7,12-14,16,23H,2-5,8-11H2,1H3,(H,21,24). The molecule has 1 aromatic rings. The molecule has 0 radical (unpaired) electrons. The van der Waals surface area contributed by atoms with Crippen molar-refractivity contribution >= 4 is 11.6 Å². The molecule has 2 fully saturated rings. The third-order valence-corrected chi connectivity index (χ3v) is 5.35. The zero-order valence-electron chi connectivity index (χ0n) is 14.3. The molecule has 4 nitrogen and oxygen atoms in total. The highest BCUT2D eigenvalue weighted by molar-refractivity contribution is 5.79. The van der Waals surface area contributed by atoms with Crippen molar-refractivity contribution in [3.8, 4) is 0 Å². The van der Waals surface area contributed by atoms with Crippen LogP contribution < -0.4 is 10.2 Å². The zero-order chi connectivity index (χ0) is 17.1. The van der Waals surface area contributed by atoms with Crippen LogP contribution in [0.5, 0.6) is 0 Å². The molecule has 1 atom stereocenters. The number of aliphatic hydroxyl groups is 1. The Labute approximate surface area is 143 Å². The summed E-state index contributed by atoms with van der Waals surface area (Å²) in [6.07, 6.45) is 5.35. The van der Waals surface area contributed by atoms with Gasteiger partial charge in [0.25, 0.3) is 0 Å². The van der Waals surface area contributed by atoms with E-state index in [-0.39, 0.29) is 29.8 Å². The Balaban J connectivity index is 1.75. The van der Waals surface area contributed by atoms with Gasteiger partial charge in [0, 0.05) is 30.3 Å². The Kier molecular flexibility index (Phi) is 5.39. The summed E-state index contributed by atoms with van der Waals surface area (Å²) < 4.78 is 13.8. The molecule has 5 heteroatoms. The maximum atomic E-state index is 13.8. The number of amides is 1. The molecule has 0 aromatic heterocycles. The molecule has 1 aliphatic carbocycles. The van der Waals surface area contributed by atoms with Crippen LogP contribution in [-0.4, -0.2) is 30.2 Å². The van der Waals surface area contributed by atoms with E-state index in [9.17, 15) is 14.3 Å². The van der Waals surface area contributed by atoms with E-state index in [2.05, 4.69) is 10.2 Å². The number of anilines is 1. The van der Waals surface area contributed by atoms with Crippen LogP contribution in [0.1, 0.15) is 57.1 Å². The normalized spacial score (nSPS) is 21.0. The monoisotopic (exact) mass is 334 g/mol. The lowest BCUT2D eigenvalue weighted by Gasteiger charge is -2.34. The van der Waals surface area contributed by atoms with Crippen LogP contribution in [0.4, 0.5) is 10.1 Å². The molecule has 0 spiro atoms. The average Bonchev–Trinajstić information content (AvgIpc) is 3.10. The number of hydrogen-bond donors (Lipinski definition) is 2. The number of rotatable bonds is 4. The second kappa shape index (κ2) is 7.51. The largest absolute Gasteiger partial charge is 0.393 e. The Morgan fingerprint density at radius 1 is 1.25 bits per heavy atom. The number of carbonyl (C=O) groups excluding carboxylic acids is 1. The molecule has 1 aromatic carbocycles. The summed E-state index contributed by atoms with van der Waals surface area (Å²) in [6.45, 7) is 3.43. The summed E-state index contributed by atoms with van der Waals surface area (Å²) in [4.78, 5) is 14.6. The highest BCUT2D eigenvalue weighted by atomic mass is 19.1. The van der Waals surface area contributed by atoms with Crippen LogP contribution in [0.3, 0.4) is 0 Å². The van der Waals surface area contributed by atoms with Gasteiger partial charge in [-0.15, -0.1) is 0 Å². The van der Waals surface area contributed by atoms with Crippen LogP contribution in [0.15, 0.2) is 18.2 Å². The van der Waals surface area contributed by atoms with Crippen LogP contribution in [0, 0.1) is 11.7 Å². The fourth-order valence-corrected chi connectivity index (χ4v) is 3.86. The topological polar surface area (TPSA) is 52.6 Å². The molecule has 2 aliphatic rings. The van der Waals surface area contributed by atoms with E-state index >= 15 is 0 Å². The van der Waals surface area contributed by atoms with Gasteiger partial charge in [-0.3, -0.25) is 4.79 Å². The van der Waals surface area contributed by atoms with E-state index < -0.39 is 0 Å². The number of benzene rings is 1. The predicted octanol–water partition coefficient (Wildman–Crippen LogP) is 3.15. The lowest BCUT2D eigenvalue weighted by Crippen LogP contribution is -2.37.